The highest BCUT2D eigenvalue weighted by Crippen LogP contribution is 2.25. The minimum absolute atomic E-state index is 0.0845. The van der Waals surface area contributed by atoms with Crippen LogP contribution < -0.4 is 20.3 Å². The van der Waals surface area contributed by atoms with E-state index in [1.54, 1.807) is 24.3 Å². The Labute approximate surface area is 173 Å². The number of nitrogens with one attached hydrogen (secondary N) is 2. The average Bonchev–Trinajstić information content (AvgIpc) is 3.03. The van der Waals surface area contributed by atoms with Gasteiger partial charge in [0.15, 0.2) is 0 Å². The van der Waals surface area contributed by atoms with Crippen molar-refractivity contribution in [2.75, 3.05) is 29.9 Å². The second-order valence-electron chi connectivity index (χ2n) is 6.71. The summed E-state index contributed by atoms with van der Waals surface area (Å²) in [6, 6.07) is 9.16. The van der Waals surface area contributed by atoms with Gasteiger partial charge in [0.05, 0.1) is 29.7 Å². The van der Waals surface area contributed by atoms with Crippen molar-refractivity contribution in [1.29, 1.82) is 0 Å². The topological polar surface area (TPSA) is 127 Å². The Morgan fingerprint density at radius 2 is 1.97 bits per heavy atom. The molecule has 1 aromatic carbocycles. The number of ether oxygens (including phenoxy) is 1. The van der Waals surface area contributed by atoms with Crippen LogP contribution in [0.1, 0.15) is 19.8 Å². The molecule has 30 heavy (non-hydrogen) atoms. The van der Waals surface area contributed by atoms with Crippen molar-refractivity contribution in [2.45, 2.75) is 25.8 Å². The molecule has 2 N–H and O–H groups in total. The van der Waals surface area contributed by atoms with E-state index in [0.717, 1.165) is 6.42 Å². The van der Waals surface area contributed by atoms with Crippen molar-refractivity contribution in [1.82, 2.24) is 10.3 Å². The SMILES string of the molecule is CCCOc1ccc(N2C(=O)C[C@H](NCCNc3ccc([N+](=O)[O-])cn3)C2=O)cc1. The number of rotatable bonds is 10. The molecule has 10 heteroatoms. The predicted molar refractivity (Wildman–Crippen MR) is 111 cm³/mol. The van der Waals surface area contributed by atoms with Crippen LogP contribution in [0.2, 0.25) is 0 Å². The molecular weight excluding hydrogens is 390 g/mol. The number of imide groups is 1. The third-order valence-corrected chi connectivity index (χ3v) is 4.49. The van der Waals surface area contributed by atoms with Gasteiger partial charge in [-0.15, -0.1) is 0 Å². The normalized spacial score (nSPS) is 16.0. The number of hydrogen-bond acceptors (Lipinski definition) is 8. The van der Waals surface area contributed by atoms with Gasteiger partial charge in [-0.05, 0) is 36.8 Å². The zero-order valence-electron chi connectivity index (χ0n) is 16.5. The summed E-state index contributed by atoms with van der Waals surface area (Å²) >= 11 is 0. The van der Waals surface area contributed by atoms with Crippen molar-refractivity contribution in [2.24, 2.45) is 0 Å². The number of nitrogens with zero attached hydrogens (tertiary/aromatic N) is 3. The minimum Gasteiger partial charge on any atom is -0.494 e. The number of carbonyl (C=O) groups excluding carboxylic acids is 2. The Kier molecular flexibility index (Phi) is 6.91. The highest BCUT2D eigenvalue weighted by atomic mass is 16.6. The Morgan fingerprint density at radius 3 is 2.60 bits per heavy atom. The van der Waals surface area contributed by atoms with E-state index >= 15 is 0 Å². The highest BCUT2D eigenvalue weighted by molar-refractivity contribution is 6.22. The van der Waals surface area contributed by atoms with Gasteiger partial charge in [0.25, 0.3) is 11.6 Å². The van der Waals surface area contributed by atoms with E-state index in [4.69, 9.17) is 4.74 Å². The number of aromatic nitrogens is 1. The van der Waals surface area contributed by atoms with Gasteiger partial charge in [-0.3, -0.25) is 19.7 Å². The fourth-order valence-corrected chi connectivity index (χ4v) is 3.01. The second-order valence-corrected chi connectivity index (χ2v) is 6.71. The Balaban J connectivity index is 1.49. The maximum absolute atomic E-state index is 12.7. The van der Waals surface area contributed by atoms with E-state index in [1.807, 2.05) is 6.92 Å². The predicted octanol–water partition coefficient (Wildman–Crippen LogP) is 2.11. The van der Waals surface area contributed by atoms with Gasteiger partial charge in [0.1, 0.15) is 17.8 Å². The number of amides is 2. The van der Waals surface area contributed by atoms with Gasteiger partial charge in [-0.25, -0.2) is 9.88 Å². The van der Waals surface area contributed by atoms with Gasteiger partial charge in [-0.1, -0.05) is 6.92 Å². The van der Waals surface area contributed by atoms with Crippen molar-refractivity contribution >= 4 is 29.0 Å². The summed E-state index contributed by atoms with van der Waals surface area (Å²) in [7, 11) is 0. The molecular formula is C20H23N5O5. The molecule has 0 unspecified atom stereocenters. The summed E-state index contributed by atoms with van der Waals surface area (Å²) in [5.41, 5.74) is 0.435. The number of benzene rings is 1. The molecule has 2 amide bonds. The van der Waals surface area contributed by atoms with Crippen LogP contribution in [0.5, 0.6) is 5.75 Å². The van der Waals surface area contributed by atoms with Crippen LogP contribution in [-0.2, 0) is 9.59 Å². The van der Waals surface area contributed by atoms with E-state index in [2.05, 4.69) is 15.6 Å². The van der Waals surface area contributed by atoms with Gasteiger partial charge in [0.2, 0.25) is 5.91 Å². The molecule has 1 aliphatic heterocycles. The molecule has 3 rings (SSSR count). The number of carbonyl (C=O) groups is 2. The molecule has 1 saturated heterocycles. The standard InChI is InChI=1S/C20H23N5O5/c1-2-11-30-16-6-3-14(4-7-16)24-19(26)12-17(20(24)27)21-9-10-22-18-8-5-15(13-23-18)25(28)29/h3-8,13,17,21H,2,9-12H2,1H3,(H,22,23)/t17-/m0/s1. The maximum Gasteiger partial charge on any atom is 0.287 e. The molecule has 0 aliphatic carbocycles. The van der Waals surface area contributed by atoms with Crippen LogP contribution in [-0.4, -0.2) is 47.5 Å². The van der Waals surface area contributed by atoms with Gasteiger partial charge < -0.3 is 15.4 Å². The molecule has 1 atom stereocenters. The Hall–Kier alpha value is -3.53. The summed E-state index contributed by atoms with van der Waals surface area (Å²) in [5, 5.41) is 16.7. The van der Waals surface area contributed by atoms with Crippen molar-refractivity contribution in [3.05, 3.63) is 52.7 Å². The van der Waals surface area contributed by atoms with Crippen molar-refractivity contribution in [3.8, 4) is 5.75 Å². The summed E-state index contributed by atoms with van der Waals surface area (Å²) in [6.45, 7) is 3.48. The highest BCUT2D eigenvalue weighted by Gasteiger charge is 2.39. The first-order valence-electron chi connectivity index (χ1n) is 9.67. The molecule has 10 nitrogen and oxygen atoms in total. The molecule has 158 valence electrons. The lowest BCUT2D eigenvalue weighted by molar-refractivity contribution is -0.385. The van der Waals surface area contributed by atoms with Crippen molar-refractivity contribution in [3.63, 3.8) is 0 Å². The zero-order valence-corrected chi connectivity index (χ0v) is 16.5. The van der Waals surface area contributed by atoms with Crippen LogP contribution in [0.25, 0.3) is 0 Å². The maximum atomic E-state index is 12.7. The molecule has 2 aromatic rings. The average molecular weight is 413 g/mol. The lowest BCUT2D eigenvalue weighted by atomic mass is 10.2. The van der Waals surface area contributed by atoms with E-state index < -0.39 is 11.0 Å². The number of anilines is 2. The largest absolute Gasteiger partial charge is 0.494 e. The molecule has 0 radical (unpaired) electrons. The Morgan fingerprint density at radius 1 is 1.20 bits per heavy atom. The third-order valence-electron chi connectivity index (χ3n) is 4.49. The number of pyridine rings is 1. The number of nitro groups is 1. The smallest absolute Gasteiger partial charge is 0.287 e. The monoisotopic (exact) mass is 413 g/mol. The van der Waals surface area contributed by atoms with Crippen LogP contribution in [0.3, 0.4) is 0 Å². The Bertz CT molecular complexity index is 901. The molecule has 0 spiro atoms. The number of hydrogen-bond donors (Lipinski definition) is 2. The van der Waals surface area contributed by atoms with Gasteiger partial charge >= 0.3 is 0 Å². The molecule has 1 aromatic heterocycles. The van der Waals surface area contributed by atoms with Crippen LogP contribution in [0.15, 0.2) is 42.6 Å². The summed E-state index contributed by atoms with van der Waals surface area (Å²) in [4.78, 5) is 40.3. The first kappa shape index (κ1) is 21.2. The van der Waals surface area contributed by atoms with Crippen LogP contribution in [0.4, 0.5) is 17.2 Å². The molecule has 1 fully saturated rings. The lowest BCUT2D eigenvalue weighted by Gasteiger charge is -2.16. The van der Waals surface area contributed by atoms with Crippen molar-refractivity contribution < 1.29 is 19.2 Å². The molecule has 1 aliphatic rings. The summed E-state index contributed by atoms with van der Waals surface area (Å²) in [5.74, 6) is 0.629. The fourth-order valence-electron chi connectivity index (χ4n) is 3.01. The van der Waals surface area contributed by atoms with E-state index in [9.17, 15) is 19.7 Å². The fraction of sp³-hybridized carbons (Fsp3) is 0.350. The lowest BCUT2D eigenvalue weighted by Crippen LogP contribution is -2.40. The van der Waals surface area contributed by atoms with E-state index in [1.165, 1.54) is 23.2 Å². The van der Waals surface area contributed by atoms with Crippen LogP contribution >= 0.6 is 0 Å². The summed E-state index contributed by atoms with van der Waals surface area (Å²) < 4.78 is 5.52. The quantitative estimate of drug-likeness (QED) is 0.262. The molecule has 2 heterocycles. The van der Waals surface area contributed by atoms with E-state index in [0.29, 0.717) is 37.0 Å². The first-order chi connectivity index (χ1) is 14.5. The minimum atomic E-state index is -0.597. The van der Waals surface area contributed by atoms with Gasteiger partial charge in [0, 0.05) is 19.2 Å². The first-order valence-corrected chi connectivity index (χ1v) is 9.67. The molecule has 0 saturated carbocycles. The third kappa shape index (κ3) is 5.09. The molecule has 0 bridgehead atoms. The second kappa shape index (κ2) is 9.79. The zero-order chi connectivity index (χ0) is 21.5. The summed E-state index contributed by atoms with van der Waals surface area (Å²) in [6.07, 6.45) is 2.15. The van der Waals surface area contributed by atoms with Gasteiger partial charge in [-0.2, -0.15) is 0 Å². The van der Waals surface area contributed by atoms with Crippen LogP contribution in [0, 0.1) is 10.1 Å². The van der Waals surface area contributed by atoms with E-state index in [-0.39, 0.29) is 23.9 Å².